The van der Waals surface area contributed by atoms with Gasteiger partial charge in [0, 0.05) is 6.54 Å². The molecule has 0 unspecified atom stereocenters. The summed E-state index contributed by atoms with van der Waals surface area (Å²) in [5.41, 5.74) is 3.91. The predicted molar refractivity (Wildman–Crippen MR) is 65.5 cm³/mol. The summed E-state index contributed by atoms with van der Waals surface area (Å²) in [5.74, 6) is 0.150. The summed E-state index contributed by atoms with van der Waals surface area (Å²) < 4.78 is 1.69. The quantitative estimate of drug-likeness (QED) is 0.770. The lowest BCUT2D eigenvalue weighted by Gasteiger charge is -2.08. The van der Waals surface area contributed by atoms with Crippen molar-refractivity contribution in [2.45, 2.75) is 40.7 Å². The average molecular weight is 239 g/mol. The van der Waals surface area contributed by atoms with Gasteiger partial charge in [-0.25, -0.2) is 5.48 Å². The molecule has 0 aliphatic rings. The van der Waals surface area contributed by atoms with E-state index in [1.54, 1.807) is 10.7 Å². The zero-order chi connectivity index (χ0) is 12.8. The van der Waals surface area contributed by atoms with Gasteiger partial charge >= 0.3 is 0 Å². The van der Waals surface area contributed by atoms with Gasteiger partial charge in [0.15, 0.2) is 0 Å². The van der Waals surface area contributed by atoms with Crippen LogP contribution in [-0.2, 0) is 17.8 Å². The maximum absolute atomic E-state index is 11.8. The van der Waals surface area contributed by atoms with Crippen LogP contribution in [0.15, 0.2) is 6.07 Å². The summed E-state index contributed by atoms with van der Waals surface area (Å²) in [4.78, 5) is 17.0. The van der Waals surface area contributed by atoms with Crippen molar-refractivity contribution in [3.8, 4) is 0 Å². The molecule has 0 saturated heterocycles. The molecule has 0 aliphatic heterocycles. The van der Waals surface area contributed by atoms with E-state index in [1.807, 2.05) is 27.7 Å². The predicted octanol–water partition coefficient (Wildman–Crippen LogP) is 1.78. The molecule has 0 radical (unpaired) electrons. The number of carbonyl (C=O) groups excluding carboxylic acids is 1. The maximum atomic E-state index is 11.8. The van der Waals surface area contributed by atoms with Gasteiger partial charge in [-0.3, -0.25) is 14.3 Å². The molecule has 0 saturated carbocycles. The van der Waals surface area contributed by atoms with Crippen LogP contribution in [0.2, 0.25) is 0 Å². The van der Waals surface area contributed by atoms with E-state index in [4.69, 9.17) is 4.84 Å². The first kappa shape index (κ1) is 13.7. The normalized spacial score (nSPS) is 10.9. The van der Waals surface area contributed by atoms with Gasteiger partial charge in [0.2, 0.25) is 0 Å². The van der Waals surface area contributed by atoms with Crippen molar-refractivity contribution in [2.24, 2.45) is 5.92 Å². The third-order valence-electron chi connectivity index (χ3n) is 2.31. The molecule has 0 spiro atoms. The van der Waals surface area contributed by atoms with Crippen LogP contribution < -0.4 is 5.48 Å². The van der Waals surface area contributed by atoms with Crippen molar-refractivity contribution < 1.29 is 9.63 Å². The molecule has 5 nitrogen and oxygen atoms in total. The van der Waals surface area contributed by atoms with Crippen LogP contribution >= 0.6 is 0 Å². The Kier molecular flexibility index (Phi) is 5.15. The van der Waals surface area contributed by atoms with E-state index in [9.17, 15) is 4.79 Å². The summed E-state index contributed by atoms with van der Waals surface area (Å²) >= 11 is 0. The fourth-order valence-electron chi connectivity index (χ4n) is 1.39. The standard InChI is InChI=1S/C12H21N3O2/c1-5-10-7-11(15(6-2)13-10)12(16)14-17-8-9(3)4/h7,9H,5-6,8H2,1-4H3,(H,14,16). The van der Waals surface area contributed by atoms with Crippen molar-refractivity contribution in [1.82, 2.24) is 15.3 Å². The largest absolute Gasteiger partial charge is 0.293 e. The van der Waals surface area contributed by atoms with Gasteiger partial charge in [-0.05, 0) is 25.3 Å². The molecule has 1 aromatic rings. The number of rotatable bonds is 6. The Morgan fingerprint density at radius 2 is 2.24 bits per heavy atom. The van der Waals surface area contributed by atoms with Crippen molar-refractivity contribution in [3.63, 3.8) is 0 Å². The highest BCUT2D eigenvalue weighted by molar-refractivity contribution is 5.91. The van der Waals surface area contributed by atoms with Gasteiger partial charge in [0.05, 0.1) is 12.3 Å². The number of nitrogens with zero attached hydrogens (tertiary/aromatic N) is 2. The van der Waals surface area contributed by atoms with E-state index in [1.165, 1.54) is 0 Å². The van der Waals surface area contributed by atoms with E-state index in [0.717, 1.165) is 12.1 Å². The van der Waals surface area contributed by atoms with Crippen molar-refractivity contribution in [1.29, 1.82) is 0 Å². The number of aryl methyl sites for hydroxylation is 2. The van der Waals surface area contributed by atoms with E-state index >= 15 is 0 Å². The first-order chi connectivity index (χ1) is 8.08. The first-order valence-electron chi connectivity index (χ1n) is 6.07. The number of hydroxylamine groups is 1. The minimum absolute atomic E-state index is 0.236. The molecule has 1 aromatic heterocycles. The minimum atomic E-state index is -0.236. The monoisotopic (exact) mass is 239 g/mol. The van der Waals surface area contributed by atoms with Gasteiger partial charge in [0.1, 0.15) is 5.69 Å². The number of hydrogen-bond donors (Lipinski definition) is 1. The molecule has 96 valence electrons. The van der Waals surface area contributed by atoms with E-state index in [2.05, 4.69) is 10.6 Å². The zero-order valence-electron chi connectivity index (χ0n) is 11.0. The van der Waals surface area contributed by atoms with Crippen molar-refractivity contribution in [3.05, 3.63) is 17.5 Å². The van der Waals surface area contributed by atoms with Crippen LogP contribution in [0.1, 0.15) is 43.9 Å². The third kappa shape index (κ3) is 3.85. The molecule has 0 aliphatic carbocycles. The second-order valence-electron chi connectivity index (χ2n) is 4.33. The average Bonchev–Trinajstić information content (AvgIpc) is 2.71. The maximum Gasteiger partial charge on any atom is 0.293 e. The van der Waals surface area contributed by atoms with E-state index < -0.39 is 0 Å². The number of hydrogen-bond acceptors (Lipinski definition) is 3. The molecule has 5 heteroatoms. The Labute approximate surface area is 102 Å². The van der Waals surface area contributed by atoms with Gasteiger partial charge < -0.3 is 0 Å². The first-order valence-corrected chi connectivity index (χ1v) is 6.07. The smallest absolute Gasteiger partial charge is 0.273 e. The molecule has 1 amide bonds. The lowest BCUT2D eigenvalue weighted by Crippen LogP contribution is -2.27. The van der Waals surface area contributed by atoms with Crippen LogP contribution in [-0.4, -0.2) is 22.3 Å². The highest BCUT2D eigenvalue weighted by Gasteiger charge is 2.13. The molecule has 0 bridgehead atoms. The van der Waals surface area contributed by atoms with E-state index in [0.29, 0.717) is 24.8 Å². The van der Waals surface area contributed by atoms with Crippen LogP contribution in [0.4, 0.5) is 0 Å². The highest BCUT2D eigenvalue weighted by Crippen LogP contribution is 2.05. The van der Waals surface area contributed by atoms with Crippen molar-refractivity contribution in [2.75, 3.05) is 6.61 Å². The highest BCUT2D eigenvalue weighted by atomic mass is 16.6. The lowest BCUT2D eigenvalue weighted by atomic mass is 10.2. The molecular weight excluding hydrogens is 218 g/mol. The number of aromatic nitrogens is 2. The lowest BCUT2D eigenvalue weighted by molar-refractivity contribution is 0.0200. The molecular formula is C12H21N3O2. The van der Waals surface area contributed by atoms with Gasteiger partial charge in [-0.15, -0.1) is 0 Å². The summed E-state index contributed by atoms with van der Waals surface area (Å²) in [6.45, 7) is 9.20. The summed E-state index contributed by atoms with van der Waals surface area (Å²) in [6.07, 6.45) is 0.820. The van der Waals surface area contributed by atoms with Crippen LogP contribution in [0.25, 0.3) is 0 Å². The number of amides is 1. The fraction of sp³-hybridized carbons (Fsp3) is 0.667. The molecule has 1 N–H and O–H groups in total. The molecule has 17 heavy (non-hydrogen) atoms. The summed E-state index contributed by atoms with van der Waals surface area (Å²) in [5, 5.41) is 4.31. The summed E-state index contributed by atoms with van der Waals surface area (Å²) in [7, 11) is 0. The molecule has 1 heterocycles. The second kappa shape index (κ2) is 6.39. The van der Waals surface area contributed by atoms with Crippen LogP contribution in [0.5, 0.6) is 0 Å². The van der Waals surface area contributed by atoms with Gasteiger partial charge in [-0.1, -0.05) is 20.8 Å². The zero-order valence-corrected chi connectivity index (χ0v) is 11.0. The Morgan fingerprint density at radius 1 is 1.53 bits per heavy atom. The number of carbonyl (C=O) groups is 1. The Bertz CT molecular complexity index is 372. The summed E-state index contributed by atoms with van der Waals surface area (Å²) in [6, 6.07) is 1.80. The van der Waals surface area contributed by atoms with E-state index in [-0.39, 0.29) is 5.91 Å². The number of nitrogens with one attached hydrogen (secondary N) is 1. The molecule has 0 aromatic carbocycles. The second-order valence-corrected chi connectivity index (χ2v) is 4.33. The molecule has 0 fully saturated rings. The van der Waals surface area contributed by atoms with Crippen molar-refractivity contribution >= 4 is 5.91 Å². The third-order valence-corrected chi connectivity index (χ3v) is 2.31. The molecule has 1 rings (SSSR count). The Morgan fingerprint density at radius 3 is 2.76 bits per heavy atom. The van der Waals surface area contributed by atoms with Crippen LogP contribution in [0.3, 0.4) is 0 Å². The fourth-order valence-corrected chi connectivity index (χ4v) is 1.39. The van der Waals surface area contributed by atoms with Gasteiger partial charge in [-0.2, -0.15) is 5.10 Å². The molecule has 0 atom stereocenters. The van der Waals surface area contributed by atoms with Crippen LogP contribution in [0, 0.1) is 5.92 Å². The minimum Gasteiger partial charge on any atom is -0.273 e. The SMILES string of the molecule is CCc1cc(C(=O)NOCC(C)C)n(CC)n1. The van der Waals surface area contributed by atoms with Gasteiger partial charge in [0.25, 0.3) is 5.91 Å². The Hall–Kier alpha value is -1.36. The Balaban J connectivity index is 2.64. The topological polar surface area (TPSA) is 56.1 Å².